The van der Waals surface area contributed by atoms with Gasteiger partial charge in [0.15, 0.2) is 0 Å². The zero-order chi connectivity index (χ0) is 11.3. The summed E-state index contributed by atoms with van der Waals surface area (Å²) in [6, 6.07) is 3.33. The molecular weight excluding hydrogens is 194 g/mol. The fourth-order valence-corrected chi connectivity index (χ4v) is 0.855. The van der Waals surface area contributed by atoms with Crippen molar-refractivity contribution < 1.29 is 9.90 Å². The molecule has 0 radical (unpaired) electrons. The van der Waals surface area contributed by atoms with Gasteiger partial charge in [-0.25, -0.2) is 4.98 Å². The van der Waals surface area contributed by atoms with E-state index in [0.717, 1.165) is 0 Å². The van der Waals surface area contributed by atoms with E-state index in [1.54, 1.807) is 0 Å². The molecule has 1 heterocycles. The average Bonchev–Trinajstić information content (AvgIpc) is 2.20. The maximum Gasteiger partial charge on any atom is 0.315 e. The Morgan fingerprint density at radius 1 is 1.67 bits per heavy atom. The Bertz CT molecular complexity index is 492. The second kappa shape index (κ2) is 4.64. The van der Waals surface area contributed by atoms with Crippen molar-refractivity contribution in [3.8, 4) is 17.9 Å². The van der Waals surface area contributed by atoms with Crippen molar-refractivity contribution in [3.63, 3.8) is 0 Å². The Kier molecular flexibility index (Phi) is 3.26. The molecule has 0 saturated carbocycles. The van der Waals surface area contributed by atoms with Gasteiger partial charge in [-0.1, -0.05) is 11.8 Å². The fourth-order valence-electron chi connectivity index (χ4n) is 0.855. The molecule has 0 atom stereocenters. The Balaban J connectivity index is 2.92. The van der Waals surface area contributed by atoms with Crippen molar-refractivity contribution >= 4 is 11.8 Å². The Hall–Kier alpha value is -2.53. The molecule has 0 aliphatic carbocycles. The number of hydrogen-bond acceptors (Lipinski definition) is 4. The number of nitriles is 1. The lowest BCUT2D eigenvalue weighted by molar-refractivity contribution is -0.135. The third kappa shape index (κ3) is 3.02. The van der Waals surface area contributed by atoms with Gasteiger partial charge in [0.2, 0.25) is 0 Å². The lowest BCUT2D eigenvalue weighted by Gasteiger charge is -1.95. The first kappa shape index (κ1) is 10.6. The molecule has 0 unspecified atom stereocenters. The summed E-state index contributed by atoms with van der Waals surface area (Å²) in [6.45, 7) is 0. The molecule has 1 aromatic rings. The van der Waals surface area contributed by atoms with Crippen molar-refractivity contribution in [3.05, 3.63) is 23.4 Å². The van der Waals surface area contributed by atoms with Gasteiger partial charge in [0, 0.05) is 11.8 Å². The lowest BCUT2D eigenvalue weighted by atomic mass is 10.2. The summed E-state index contributed by atoms with van der Waals surface area (Å²) < 4.78 is 0. The third-order valence-corrected chi connectivity index (χ3v) is 1.51. The largest absolute Gasteiger partial charge is 0.481 e. The maximum atomic E-state index is 10.2. The molecule has 0 saturated heterocycles. The number of nitrogens with zero attached hydrogens (tertiary/aromatic N) is 2. The van der Waals surface area contributed by atoms with Crippen molar-refractivity contribution in [2.75, 3.05) is 5.73 Å². The number of nitrogens with two attached hydrogens (primary N) is 1. The van der Waals surface area contributed by atoms with Crippen LogP contribution in [0.1, 0.15) is 17.5 Å². The van der Waals surface area contributed by atoms with Crippen LogP contribution < -0.4 is 5.73 Å². The van der Waals surface area contributed by atoms with E-state index < -0.39 is 5.97 Å². The molecule has 1 aromatic heterocycles. The molecule has 15 heavy (non-hydrogen) atoms. The molecule has 0 aromatic carbocycles. The topological polar surface area (TPSA) is 100 Å². The SMILES string of the molecule is N#Cc1cc(C#CCC(=O)O)cnc1N. The maximum absolute atomic E-state index is 10.2. The van der Waals surface area contributed by atoms with E-state index in [4.69, 9.17) is 16.1 Å². The van der Waals surface area contributed by atoms with Crippen LogP contribution in [-0.2, 0) is 4.79 Å². The molecule has 5 nitrogen and oxygen atoms in total. The van der Waals surface area contributed by atoms with Crippen molar-refractivity contribution in [2.24, 2.45) is 0 Å². The van der Waals surface area contributed by atoms with E-state index in [0.29, 0.717) is 5.56 Å². The number of carboxylic acids is 1. The van der Waals surface area contributed by atoms with Crippen molar-refractivity contribution in [1.82, 2.24) is 4.98 Å². The molecule has 5 heteroatoms. The normalized spacial score (nSPS) is 8.47. The molecule has 0 spiro atoms. The third-order valence-electron chi connectivity index (χ3n) is 1.51. The quantitative estimate of drug-likeness (QED) is 0.639. The first-order valence-electron chi connectivity index (χ1n) is 3.99. The first-order valence-corrected chi connectivity index (χ1v) is 3.99. The van der Waals surface area contributed by atoms with Gasteiger partial charge in [-0.2, -0.15) is 5.26 Å². The number of aromatic nitrogens is 1. The molecule has 3 N–H and O–H groups in total. The van der Waals surface area contributed by atoms with Crippen LogP contribution in [0, 0.1) is 23.2 Å². The predicted molar refractivity (Wildman–Crippen MR) is 52.5 cm³/mol. The van der Waals surface area contributed by atoms with Gasteiger partial charge in [0.05, 0.1) is 5.56 Å². The van der Waals surface area contributed by atoms with E-state index in [9.17, 15) is 4.79 Å². The molecular formula is C10H7N3O2. The van der Waals surface area contributed by atoms with Crippen LogP contribution in [0.4, 0.5) is 5.82 Å². The van der Waals surface area contributed by atoms with Gasteiger partial charge >= 0.3 is 5.97 Å². The van der Waals surface area contributed by atoms with Crippen LogP contribution >= 0.6 is 0 Å². The minimum absolute atomic E-state index is 0.140. The van der Waals surface area contributed by atoms with E-state index in [1.807, 2.05) is 6.07 Å². The number of carboxylic acid groups (broad SMARTS) is 1. The van der Waals surface area contributed by atoms with Crippen molar-refractivity contribution in [1.29, 1.82) is 5.26 Å². The molecule has 0 aliphatic rings. The van der Waals surface area contributed by atoms with Gasteiger partial charge in [0.1, 0.15) is 18.3 Å². The average molecular weight is 201 g/mol. The molecule has 0 amide bonds. The van der Waals surface area contributed by atoms with Crippen LogP contribution in [0.2, 0.25) is 0 Å². The second-order valence-corrected chi connectivity index (χ2v) is 2.64. The molecule has 1 rings (SSSR count). The molecule has 0 bridgehead atoms. The van der Waals surface area contributed by atoms with Gasteiger partial charge in [-0.15, -0.1) is 0 Å². The number of carbonyl (C=O) groups is 1. The summed E-state index contributed by atoms with van der Waals surface area (Å²) in [4.78, 5) is 13.9. The summed E-state index contributed by atoms with van der Waals surface area (Å²) in [5.74, 6) is 4.16. The highest BCUT2D eigenvalue weighted by atomic mass is 16.4. The van der Waals surface area contributed by atoms with Gasteiger partial charge in [-0.3, -0.25) is 4.79 Å². The number of anilines is 1. The number of aliphatic carboxylic acids is 1. The highest BCUT2D eigenvalue weighted by molar-refractivity contribution is 5.70. The zero-order valence-electron chi connectivity index (χ0n) is 7.69. The summed E-state index contributed by atoms with van der Waals surface area (Å²) in [7, 11) is 0. The van der Waals surface area contributed by atoms with Crippen molar-refractivity contribution in [2.45, 2.75) is 6.42 Å². The molecule has 74 valence electrons. The highest BCUT2D eigenvalue weighted by Gasteiger charge is 1.99. The number of rotatable bonds is 1. The van der Waals surface area contributed by atoms with Crippen LogP contribution in [0.5, 0.6) is 0 Å². The number of nitrogen functional groups attached to an aromatic ring is 1. The van der Waals surface area contributed by atoms with Crippen LogP contribution in [-0.4, -0.2) is 16.1 Å². The zero-order valence-corrected chi connectivity index (χ0v) is 7.69. The predicted octanol–water partition coefficient (Wildman–Crippen LogP) is 0.362. The van der Waals surface area contributed by atoms with Crippen LogP contribution in [0.25, 0.3) is 0 Å². The fraction of sp³-hybridized carbons (Fsp3) is 0.100. The Labute approximate surface area is 86.2 Å². The highest BCUT2D eigenvalue weighted by Crippen LogP contribution is 2.08. The Morgan fingerprint density at radius 3 is 3.00 bits per heavy atom. The van der Waals surface area contributed by atoms with E-state index in [-0.39, 0.29) is 17.8 Å². The lowest BCUT2D eigenvalue weighted by Crippen LogP contribution is -1.95. The number of hydrogen-bond donors (Lipinski definition) is 2. The van der Waals surface area contributed by atoms with Gasteiger partial charge in [-0.05, 0) is 6.07 Å². The minimum Gasteiger partial charge on any atom is -0.481 e. The number of pyridine rings is 1. The summed E-state index contributed by atoms with van der Waals surface area (Å²) in [5, 5.41) is 17.0. The monoisotopic (exact) mass is 201 g/mol. The summed E-state index contributed by atoms with van der Waals surface area (Å²) >= 11 is 0. The smallest absolute Gasteiger partial charge is 0.315 e. The van der Waals surface area contributed by atoms with Crippen LogP contribution in [0.3, 0.4) is 0 Å². The van der Waals surface area contributed by atoms with Gasteiger partial charge < -0.3 is 10.8 Å². The second-order valence-electron chi connectivity index (χ2n) is 2.64. The summed E-state index contributed by atoms with van der Waals surface area (Å²) in [5.41, 5.74) is 6.11. The summed E-state index contributed by atoms with van der Waals surface area (Å²) in [6.07, 6.45) is 1.15. The van der Waals surface area contributed by atoms with Gasteiger partial charge in [0.25, 0.3) is 0 Å². The Morgan fingerprint density at radius 2 is 2.40 bits per heavy atom. The molecule has 0 aliphatic heterocycles. The first-order chi connectivity index (χ1) is 7.13. The van der Waals surface area contributed by atoms with E-state index in [2.05, 4.69) is 16.8 Å². The molecule has 0 fully saturated rings. The standard InChI is InChI=1S/C10H7N3O2/c11-5-8-4-7(6-13-10(8)12)2-1-3-9(14)15/h4,6H,3H2,(H2,12,13)(H,14,15). The van der Waals surface area contributed by atoms with E-state index in [1.165, 1.54) is 12.3 Å². The van der Waals surface area contributed by atoms with Crippen LogP contribution in [0.15, 0.2) is 12.3 Å². The van der Waals surface area contributed by atoms with E-state index >= 15 is 0 Å². The minimum atomic E-state index is -0.994.